The number of piperidine rings is 1. The molecule has 8 heteroatoms. The number of thioether (sulfide) groups is 1. The minimum Gasteiger partial charge on any atom is -0.493 e. The second-order valence-corrected chi connectivity index (χ2v) is 12.1. The molecule has 0 radical (unpaired) electrons. The smallest absolute Gasteiger partial charge is 0.264 e. The summed E-state index contributed by atoms with van der Waals surface area (Å²) in [4.78, 5) is 3.76. The first-order valence-corrected chi connectivity index (χ1v) is 15.4. The van der Waals surface area contributed by atoms with Crippen LogP contribution < -0.4 is 9.04 Å². The average molecular weight is 545 g/mol. The largest absolute Gasteiger partial charge is 0.493 e. The molecule has 3 aromatic carbocycles. The van der Waals surface area contributed by atoms with E-state index in [1.165, 1.54) is 36.7 Å². The Morgan fingerprint density at radius 3 is 2.33 bits per heavy atom. The Bertz CT molecular complexity index is 1210. The molecule has 1 aliphatic rings. The zero-order valence-corrected chi connectivity index (χ0v) is 23.0. The molecule has 0 atom stereocenters. The first kappa shape index (κ1) is 26.9. The molecule has 0 N–H and O–H groups in total. The highest BCUT2D eigenvalue weighted by Crippen LogP contribution is 2.31. The Kier molecular flexibility index (Phi) is 9.60. The summed E-state index contributed by atoms with van der Waals surface area (Å²) in [5.74, 6) is 0.716. The second kappa shape index (κ2) is 12.9. The van der Waals surface area contributed by atoms with Crippen LogP contribution in [0.4, 0.5) is 5.69 Å². The Balaban J connectivity index is 1.55. The highest BCUT2D eigenvalue weighted by atomic mass is 35.5. The van der Waals surface area contributed by atoms with E-state index in [2.05, 4.69) is 4.90 Å². The van der Waals surface area contributed by atoms with Gasteiger partial charge in [0.05, 0.1) is 23.7 Å². The first-order chi connectivity index (χ1) is 17.5. The van der Waals surface area contributed by atoms with Crippen LogP contribution in [0.2, 0.25) is 5.02 Å². The van der Waals surface area contributed by atoms with Gasteiger partial charge in [0.1, 0.15) is 5.75 Å². The number of hydrogen-bond acceptors (Lipinski definition) is 5. The average Bonchev–Trinajstić information content (AvgIpc) is 2.91. The van der Waals surface area contributed by atoms with Crippen molar-refractivity contribution in [3.05, 3.63) is 83.4 Å². The van der Waals surface area contributed by atoms with Crippen molar-refractivity contribution in [3.8, 4) is 5.75 Å². The summed E-state index contributed by atoms with van der Waals surface area (Å²) in [6.07, 6.45) is 6.82. The number of halogens is 1. The van der Waals surface area contributed by atoms with E-state index < -0.39 is 10.0 Å². The van der Waals surface area contributed by atoms with E-state index in [-0.39, 0.29) is 11.4 Å². The topological polar surface area (TPSA) is 49.9 Å². The fraction of sp³-hybridized carbons (Fsp3) is 0.357. The quantitative estimate of drug-likeness (QED) is 0.198. The van der Waals surface area contributed by atoms with Gasteiger partial charge in [-0.05, 0) is 93.2 Å². The van der Waals surface area contributed by atoms with E-state index in [4.69, 9.17) is 16.3 Å². The lowest BCUT2D eigenvalue weighted by atomic mass is 10.1. The van der Waals surface area contributed by atoms with Gasteiger partial charge in [-0.15, -0.1) is 11.8 Å². The zero-order chi connectivity index (χ0) is 25.4. The van der Waals surface area contributed by atoms with Crippen LogP contribution >= 0.6 is 23.4 Å². The molecule has 36 heavy (non-hydrogen) atoms. The highest BCUT2D eigenvalue weighted by Gasteiger charge is 2.26. The molecule has 1 saturated heterocycles. The van der Waals surface area contributed by atoms with Crippen molar-refractivity contribution in [2.75, 3.05) is 36.8 Å². The van der Waals surface area contributed by atoms with Crippen molar-refractivity contribution < 1.29 is 13.2 Å². The van der Waals surface area contributed by atoms with Crippen LogP contribution in [0.25, 0.3) is 0 Å². The maximum absolute atomic E-state index is 13.8. The van der Waals surface area contributed by atoms with Gasteiger partial charge in [-0.25, -0.2) is 8.42 Å². The van der Waals surface area contributed by atoms with E-state index in [9.17, 15) is 8.42 Å². The maximum Gasteiger partial charge on any atom is 0.264 e. The number of para-hydroxylation sites is 1. The van der Waals surface area contributed by atoms with Crippen LogP contribution in [0.5, 0.6) is 5.75 Å². The van der Waals surface area contributed by atoms with Crippen molar-refractivity contribution >= 4 is 39.1 Å². The monoisotopic (exact) mass is 544 g/mol. The highest BCUT2D eigenvalue weighted by molar-refractivity contribution is 7.98. The molecule has 0 aliphatic carbocycles. The van der Waals surface area contributed by atoms with Crippen molar-refractivity contribution in [3.63, 3.8) is 0 Å². The van der Waals surface area contributed by atoms with Crippen LogP contribution in [-0.4, -0.2) is 45.8 Å². The van der Waals surface area contributed by atoms with Crippen molar-refractivity contribution in [2.45, 2.75) is 42.0 Å². The number of rotatable bonds is 11. The summed E-state index contributed by atoms with van der Waals surface area (Å²) in [6, 6.07) is 21.6. The number of nitrogens with zero attached hydrogens (tertiary/aromatic N) is 2. The summed E-state index contributed by atoms with van der Waals surface area (Å²) in [5, 5.41) is 0.494. The van der Waals surface area contributed by atoms with Gasteiger partial charge >= 0.3 is 0 Å². The number of anilines is 1. The molecule has 0 saturated carbocycles. The first-order valence-electron chi connectivity index (χ1n) is 12.3. The molecular weight excluding hydrogens is 512 g/mol. The molecule has 0 bridgehead atoms. The molecule has 1 aliphatic heterocycles. The minimum atomic E-state index is -3.84. The summed E-state index contributed by atoms with van der Waals surface area (Å²) in [7, 11) is -3.84. The van der Waals surface area contributed by atoms with Crippen LogP contribution in [0.15, 0.2) is 82.6 Å². The number of hydrogen-bond donors (Lipinski definition) is 0. The normalized spacial score (nSPS) is 14.5. The fourth-order valence-electron chi connectivity index (χ4n) is 4.38. The molecule has 1 fully saturated rings. The van der Waals surface area contributed by atoms with Crippen LogP contribution in [0.3, 0.4) is 0 Å². The predicted molar refractivity (Wildman–Crippen MR) is 150 cm³/mol. The minimum absolute atomic E-state index is 0.159. The molecule has 0 spiro atoms. The lowest BCUT2D eigenvalue weighted by molar-refractivity contribution is 0.204. The standard InChI is InChI=1S/C28H33ClN2O3S2/c1-35-26-14-12-25(13-15-26)31(36(32,33)27-16-10-24(29)11-17-27)22-23-8-3-4-9-28(23)34-21-7-20-30-18-5-2-6-19-30/h3-4,8-17H,2,5-7,18-22H2,1H3. The van der Waals surface area contributed by atoms with E-state index in [1.54, 1.807) is 36.0 Å². The van der Waals surface area contributed by atoms with Gasteiger partial charge in [-0.2, -0.15) is 0 Å². The molecule has 0 aromatic heterocycles. The number of ether oxygens (including phenoxy) is 1. The van der Waals surface area contributed by atoms with E-state index in [0.717, 1.165) is 23.4 Å². The van der Waals surface area contributed by atoms with Gasteiger partial charge in [0, 0.05) is 22.0 Å². The van der Waals surface area contributed by atoms with Gasteiger partial charge in [0.25, 0.3) is 10.0 Å². The Labute approximate surface area is 224 Å². The summed E-state index contributed by atoms with van der Waals surface area (Å²) in [6.45, 7) is 4.12. The molecule has 1 heterocycles. The number of likely N-dealkylation sites (tertiary alicyclic amines) is 1. The third kappa shape index (κ3) is 6.97. The molecular formula is C28H33ClN2O3S2. The maximum atomic E-state index is 13.8. The van der Waals surface area contributed by atoms with Gasteiger partial charge in [-0.1, -0.05) is 36.2 Å². The molecule has 4 rings (SSSR count). The molecule has 0 unspecified atom stereocenters. The Morgan fingerprint density at radius 1 is 0.944 bits per heavy atom. The zero-order valence-electron chi connectivity index (χ0n) is 20.6. The summed E-state index contributed by atoms with van der Waals surface area (Å²) >= 11 is 7.64. The molecule has 5 nitrogen and oxygen atoms in total. The van der Waals surface area contributed by atoms with E-state index >= 15 is 0 Å². The van der Waals surface area contributed by atoms with Crippen molar-refractivity contribution in [2.24, 2.45) is 0 Å². The number of sulfonamides is 1. The SMILES string of the molecule is CSc1ccc(N(Cc2ccccc2OCCCN2CCCCC2)S(=O)(=O)c2ccc(Cl)cc2)cc1. The molecule has 0 amide bonds. The Morgan fingerprint density at radius 2 is 1.64 bits per heavy atom. The summed E-state index contributed by atoms with van der Waals surface area (Å²) < 4.78 is 35.2. The van der Waals surface area contributed by atoms with E-state index in [0.29, 0.717) is 23.1 Å². The Hall–Kier alpha value is -2.19. The molecule has 3 aromatic rings. The lowest BCUT2D eigenvalue weighted by Crippen LogP contribution is -2.31. The van der Waals surface area contributed by atoms with Crippen LogP contribution in [0.1, 0.15) is 31.2 Å². The van der Waals surface area contributed by atoms with Crippen molar-refractivity contribution in [1.29, 1.82) is 0 Å². The van der Waals surface area contributed by atoms with Gasteiger partial charge in [0.15, 0.2) is 0 Å². The van der Waals surface area contributed by atoms with Crippen LogP contribution in [-0.2, 0) is 16.6 Å². The van der Waals surface area contributed by atoms with Crippen LogP contribution in [0, 0.1) is 0 Å². The number of benzene rings is 3. The molecule has 192 valence electrons. The second-order valence-electron chi connectivity index (χ2n) is 8.88. The van der Waals surface area contributed by atoms with E-state index in [1.807, 2.05) is 54.8 Å². The fourth-order valence-corrected chi connectivity index (χ4v) is 6.36. The van der Waals surface area contributed by atoms with Gasteiger partial charge in [-0.3, -0.25) is 4.31 Å². The third-order valence-electron chi connectivity index (χ3n) is 6.37. The summed E-state index contributed by atoms with van der Waals surface area (Å²) in [5.41, 5.74) is 1.42. The lowest BCUT2D eigenvalue weighted by Gasteiger charge is -2.27. The van der Waals surface area contributed by atoms with Gasteiger partial charge in [0.2, 0.25) is 0 Å². The van der Waals surface area contributed by atoms with Gasteiger partial charge < -0.3 is 9.64 Å². The predicted octanol–water partition coefficient (Wildman–Crippen LogP) is 6.71. The van der Waals surface area contributed by atoms with Crippen molar-refractivity contribution in [1.82, 2.24) is 4.90 Å². The third-order valence-corrected chi connectivity index (χ3v) is 9.16.